The van der Waals surface area contributed by atoms with Gasteiger partial charge in [0.2, 0.25) is 15.9 Å². The second kappa shape index (κ2) is 9.64. The average molecular weight is 341 g/mol. The first-order chi connectivity index (χ1) is 10.8. The third-order valence-corrected chi connectivity index (χ3v) is 4.61. The number of sulfonamides is 1. The van der Waals surface area contributed by atoms with Crippen LogP contribution in [-0.4, -0.2) is 63.5 Å². The van der Waals surface area contributed by atoms with Gasteiger partial charge in [-0.1, -0.05) is 30.3 Å². The predicted octanol–water partition coefficient (Wildman–Crippen LogP) is 0.906. The molecule has 0 saturated heterocycles. The maximum absolute atomic E-state index is 11.9. The fourth-order valence-electron chi connectivity index (χ4n) is 2.09. The molecular formula is C16H27N3O3S. The number of amides is 1. The molecule has 7 heteroatoms. The van der Waals surface area contributed by atoms with E-state index < -0.39 is 10.0 Å². The molecule has 0 aliphatic carbocycles. The molecule has 23 heavy (non-hydrogen) atoms. The van der Waals surface area contributed by atoms with E-state index in [1.807, 2.05) is 44.4 Å². The molecule has 0 bridgehead atoms. The van der Waals surface area contributed by atoms with E-state index in [2.05, 4.69) is 10.2 Å². The van der Waals surface area contributed by atoms with Crippen molar-refractivity contribution in [2.75, 3.05) is 40.0 Å². The van der Waals surface area contributed by atoms with Gasteiger partial charge in [0.1, 0.15) is 0 Å². The highest BCUT2D eigenvalue weighted by atomic mass is 32.2. The van der Waals surface area contributed by atoms with E-state index in [4.69, 9.17) is 0 Å². The van der Waals surface area contributed by atoms with Crippen molar-refractivity contribution in [2.45, 2.75) is 19.4 Å². The van der Waals surface area contributed by atoms with Crippen molar-refractivity contribution in [1.82, 2.24) is 14.5 Å². The van der Waals surface area contributed by atoms with Crippen LogP contribution in [0, 0.1) is 0 Å². The lowest BCUT2D eigenvalue weighted by Crippen LogP contribution is -2.34. The Balaban J connectivity index is 2.44. The second-order valence-electron chi connectivity index (χ2n) is 5.84. The summed E-state index contributed by atoms with van der Waals surface area (Å²) in [6.45, 7) is 1.99. The van der Waals surface area contributed by atoms with Crippen molar-refractivity contribution in [3.63, 3.8) is 0 Å². The Bertz CT molecular complexity index is 573. The minimum absolute atomic E-state index is 0.120. The molecule has 0 radical (unpaired) electrons. The molecule has 0 unspecified atom stereocenters. The maximum atomic E-state index is 11.9. The topological polar surface area (TPSA) is 69.7 Å². The number of carbonyl (C=O) groups excluding carboxylic acids is 1. The Morgan fingerprint density at radius 2 is 1.78 bits per heavy atom. The quantitative estimate of drug-likeness (QED) is 0.642. The van der Waals surface area contributed by atoms with E-state index in [1.165, 1.54) is 10.6 Å². The fraction of sp³-hybridized carbons (Fsp3) is 0.562. The predicted molar refractivity (Wildman–Crippen MR) is 92.5 cm³/mol. The Morgan fingerprint density at radius 1 is 1.13 bits per heavy atom. The summed E-state index contributed by atoms with van der Waals surface area (Å²) in [7, 11) is 0.615. The number of nitrogens with one attached hydrogen (secondary N) is 1. The molecule has 1 rings (SSSR count). The molecule has 1 amide bonds. The first kappa shape index (κ1) is 19.6. The molecular weight excluding hydrogens is 314 g/mol. The van der Waals surface area contributed by atoms with Crippen LogP contribution in [0.4, 0.5) is 0 Å². The van der Waals surface area contributed by atoms with Gasteiger partial charge in [0.05, 0.1) is 6.26 Å². The van der Waals surface area contributed by atoms with Gasteiger partial charge >= 0.3 is 0 Å². The minimum atomic E-state index is -3.35. The highest BCUT2D eigenvalue weighted by Crippen LogP contribution is 2.08. The minimum Gasteiger partial charge on any atom is -0.356 e. The summed E-state index contributed by atoms with van der Waals surface area (Å²) in [6.07, 6.45) is 2.21. The molecule has 130 valence electrons. The molecule has 0 aromatic heterocycles. The molecule has 0 heterocycles. The van der Waals surface area contributed by atoms with E-state index in [1.54, 1.807) is 0 Å². The smallest absolute Gasteiger partial charge is 0.221 e. The zero-order chi connectivity index (χ0) is 17.3. The van der Waals surface area contributed by atoms with E-state index >= 15 is 0 Å². The molecule has 1 N–H and O–H groups in total. The third kappa shape index (κ3) is 8.68. The summed E-state index contributed by atoms with van der Waals surface area (Å²) in [4.78, 5) is 13.9. The van der Waals surface area contributed by atoms with Gasteiger partial charge in [-0.3, -0.25) is 4.79 Å². The van der Waals surface area contributed by atoms with Crippen LogP contribution in [0.5, 0.6) is 0 Å². The van der Waals surface area contributed by atoms with Gasteiger partial charge in [0, 0.05) is 26.1 Å². The van der Waals surface area contributed by atoms with Gasteiger partial charge in [0.25, 0.3) is 0 Å². The largest absolute Gasteiger partial charge is 0.356 e. The Labute approximate surface area is 139 Å². The van der Waals surface area contributed by atoms with E-state index in [9.17, 15) is 13.2 Å². The van der Waals surface area contributed by atoms with Crippen LogP contribution < -0.4 is 5.32 Å². The van der Waals surface area contributed by atoms with Crippen LogP contribution >= 0.6 is 0 Å². The first-order valence-corrected chi connectivity index (χ1v) is 9.54. The van der Waals surface area contributed by atoms with Crippen molar-refractivity contribution < 1.29 is 13.2 Å². The summed E-state index contributed by atoms with van der Waals surface area (Å²) in [6, 6.07) is 9.37. The standard InChI is InChI=1S/C16H27N3O3S/c1-18(2)12-7-11-17-16(20)10-13-19(23(3,21)22)14-15-8-5-4-6-9-15/h4-6,8-9H,7,10-14H2,1-3H3,(H,17,20). The van der Waals surface area contributed by atoms with Crippen molar-refractivity contribution in [2.24, 2.45) is 0 Å². The average Bonchev–Trinajstić information content (AvgIpc) is 2.47. The summed E-state index contributed by atoms with van der Waals surface area (Å²) < 4.78 is 25.1. The molecule has 6 nitrogen and oxygen atoms in total. The van der Waals surface area contributed by atoms with Crippen LogP contribution in [0.25, 0.3) is 0 Å². The molecule has 1 aromatic rings. The summed E-state index contributed by atoms with van der Waals surface area (Å²) in [5, 5.41) is 2.82. The summed E-state index contributed by atoms with van der Waals surface area (Å²) in [5.74, 6) is -0.120. The lowest BCUT2D eigenvalue weighted by Gasteiger charge is -2.20. The van der Waals surface area contributed by atoms with Gasteiger partial charge in [-0.2, -0.15) is 4.31 Å². The van der Waals surface area contributed by atoms with Gasteiger partial charge in [-0.05, 0) is 32.6 Å². The number of rotatable bonds is 10. The molecule has 0 aliphatic heterocycles. The molecule has 0 atom stereocenters. The normalized spacial score (nSPS) is 11.9. The highest BCUT2D eigenvalue weighted by Gasteiger charge is 2.18. The van der Waals surface area contributed by atoms with Crippen LogP contribution in [-0.2, 0) is 21.4 Å². The zero-order valence-electron chi connectivity index (χ0n) is 14.2. The van der Waals surface area contributed by atoms with Crippen molar-refractivity contribution >= 4 is 15.9 Å². The van der Waals surface area contributed by atoms with Gasteiger partial charge in [-0.25, -0.2) is 8.42 Å². The van der Waals surface area contributed by atoms with E-state index in [0.29, 0.717) is 6.54 Å². The van der Waals surface area contributed by atoms with Gasteiger partial charge < -0.3 is 10.2 Å². The Hall–Kier alpha value is -1.44. The van der Waals surface area contributed by atoms with Crippen molar-refractivity contribution in [3.05, 3.63) is 35.9 Å². The zero-order valence-corrected chi connectivity index (χ0v) is 15.0. The highest BCUT2D eigenvalue weighted by molar-refractivity contribution is 7.88. The molecule has 1 aromatic carbocycles. The van der Waals surface area contributed by atoms with E-state index in [0.717, 1.165) is 18.5 Å². The number of hydrogen-bond donors (Lipinski definition) is 1. The Kier molecular flexibility index (Phi) is 8.22. The maximum Gasteiger partial charge on any atom is 0.221 e. The first-order valence-electron chi connectivity index (χ1n) is 7.69. The van der Waals surface area contributed by atoms with Crippen LogP contribution in [0.2, 0.25) is 0 Å². The summed E-state index contributed by atoms with van der Waals surface area (Å²) in [5.41, 5.74) is 0.907. The van der Waals surface area contributed by atoms with Gasteiger partial charge in [0.15, 0.2) is 0 Å². The lowest BCUT2D eigenvalue weighted by molar-refractivity contribution is -0.121. The number of benzene rings is 1. The monoisotopic (exact) mass is 341 g/mol. The Morgan fingerprint density at radius 3 is 2.35 bits per heavy atom. The fourth-order valence-corrected chi connectivity index (χ4v) is 2.89. The van der Waals surface area contributed by atoms with E-state index in [-0.39, 0.29) is 25.4 Å². The number of carbonyl (C=O) groups is 1. The van der Waals surface area contributed by atoms with Gasteiger partial charge in [-0.15, -0.1) is 0 Å². The number of hydrogen-bond acceptors (Lipinski definition) is 4. The molecule has 0 saturated carbocycles. The van der Waals surface area contributed by atoms with Crippen LogP contribution in [0.3, 0.4) is 0 Å². The summed E-state index contributed by atoms with van der Waals surface area (Å²) >= 11 is 0. The second-order valence-corrected chi connectivity index (χ2v) is 7.82. The van der Waals surface area contributed by atoms with Crippen molar-refractivity contribution in [1.29, 1.82) is 0 Å². The third-order valence-electron chi connectivity index (χ3n) is 3.36. The SMILES string of the molecule is CN(C)CCCNC(=O)CCN(Cc1ccccc1)S(C)(=O)=O. The number of nitrogens with zero attached hydrogens (tertiary/aromatic N) is 2. The molecule has 0 spiro atoms. The molecule has 0 fully saturated rings. The lowest BCUT2D eigenvalue weighted by atomic mass is 10.2. The van der Waals surface area contributed by atoms with Crippen LogP contribution in [0.15, 0.2) is 30.3 Å². The molecule has 0 aliphatic rings. The van der Waals surface area contributed by atoms with Crippen LogP contribution in [0.1, 0.15) is 18.4 Å². The van der Waals surface area contributed by atoms with Crippen molar-refractivity contribution in [3.8, 4) is 0 Å².